The van der Waals surface area contributed by atoms with Crippen LogP contribution in [0.3, 0.4) is 0 Å². The summed E-state index contributed by atoms with van der Waals surface area (Å²) in [5.74, 6) is 0. The van der Waals surface area contributed by atoms with Gasteiger partial charge in [0.05, 0.1) is 6.61 Å². The molecule has 1 heterocycles. The van der Waals surface area contributed by atoms with Crippen LogP contribution in [0.4, 0.5) is 5.69 Å². The number of aliphatic hydroxyl groups is 1. The van der Waals surface area contributed by atoms with Gasteiger partial charge < -0.3 is 15.8 Å². The number of fused-ring (bicyclic) bond motifs is 1. The van der Waals surface area contributed by atoms with Crippen molar-refractivity contribution in [3.05, 3.63) is 24.4 Å². The van der Waals surface area contributed by atoms with Crippen molar-refractivity contribution >= 4 is 26.6 Å². The van der Waals surface area contributed by atoms with Crippen LogP contribution in [0.25, 0.3) is 10.9 Å². The maximum atomic E-state index is 12.1. The molecular formula is C11H15N3O3S. The summed E-state index contributed by atoms with van der Waals surface area (Å²) in [6.45, 7) is 1.33. The van der Waals surface area contributed by atoms with Crippen LogP contribution in [0, 0.1) is 0 Å². The van der Waals surface area contributed by atoms with Crippen molar-refractivity contribution < 1.29 is 13.5 Å². The molecule has 18 heavy (non-hydrogen) atoms. The topological polar surface area (TPSA) is 108 Å². The Labute approximate surface area is 105 Å². The van der Waals surface area contributed by atoms with Crippen molar-refractivity contribution in [1.29, 1.82) is 0 Å². The van der Waals surface area contributed by atoms with E-state index < -0.39 is 16.1 Å². The van der Waals surface area contributed by atoms with Crippen LogP contribution in [0.15, 0.2) is 29.3 Å². The Bertz CT molecular complexity index is 663. The summed E-state index contributed by atoms with van der Waals surface area (Å²) in [5.41, 5.74) is 6.85. The van der Waals surface area contributed by atoms with E-state index in [1.165, 1.54) is 6.20 Å². The molecule has 1 aromatic heterocycles. The maximum Gasteiger partial charge on any atom is 0.243 e. The lowest BCUT2D eigenvalue weighted by Crippen LogP contribution is -2.34. The lowest BCUT2D eigenvalue weighted by Gasteiger charge is -2.10. The van der Waals surface area contributed by atoms with E-state index in [1.807, 2.05) is 0 Å². The third-order valence-electron chi connectivity index (χ3n) is 2.59. The Morgan fingerprint density at radius 1 is 1.50 bits per heavy atom. The number of rotatable bonds is 4. The van der Waals surface area contributed by atoms with E-state index in [0.29, 0.717) is 16.6 Å². The van der Waals surface area contributed by atoms with E-state index in [0.717, 1.165) is 0 Å². The number of H-pyrrole nitrogens is 1. The molecule has 0 amide bonds. The number of hydrogen-bond donors (Lipinski definition) is 4. The van der Waals surface area contributed by atoms with Gasteiger partial charge in [0, 0.05) is 28.8 Å². The van der Waals surface area contributed by atoms with Gasteiger partial charge in [-0.05, 0) is 25.1 Å². The summed E-state index contributed by atoms with van der Waals surface area (Å²) < 4.78 is 26.6. The van der Waals surface area contributed by atoms with E-state index in [-0.39, 0.29) is 11.5 Å². The van der Waals surface area contributed by atoms with Crippen molar-refractivity contribution in [2.45, 2.75) is 17.9 Å². The number of benzene rings is 1. The molecule has 0 aliphatic rings. The minimum atomic E-state index is -3.65. The Morgan fingerprint density at radius 3 is 2.89 bits per heavy atom. The zero-order valence-electron chi connectivity index (χ0n) is 9.84. The minimum absolute atomic E-state index is 0.151. The molecule has 0 saturated heterocycles. The summed E-state index contributed by atoms with van der Waals surface area (Å²) in [6.07, 6.45) is 1.41. The first-order chi connectivity index (χ1) is 8.44. The van der Waals surface area contributed by atoms with Crippen LogP contribution in [-0.4, -0.2) is 31.2 Å². The molecule has 1 aromatic carbocycles. The molecule has 0 fully saturated rings. The number of nitrogens with one attached hydrogen (secondary N) is 2. The highest BCUT2D eigenvalue weighted by Crippen LogP contribution is 2.24. The van der Waals surface area contributed by atoms with Crippen LogP contribution in [0.1, 0.15) is 6.92 Å². The zero-order chi connectivity index (χ0) is 13.3. The summed E-state index contributed by atoms with van der Waals surface area (Å²) in [5, 5.41) is 9.47. The molecule has 0 spiro atoms. The molecule has 98 valence electrons. The lowest BCUT2D eigenvalue weighted by atomic mass is 10.2. The van der Waals surface area contributed by atoms with Crippen LogP contribution in [0.5, 0.6) is 0 Å². The van der Waals surface area contributed by atoms with Crippen molar-refractivity contribution in [2.24, 2.45) is 0 Å². The fraction of sp³-hybridized carbons (Fsp3) is 0.273. The number of hydrogen-bond acceptors (Lipinski definition) is 4. The third kappa shape index (κ3) is 2.33. The van der Waals surface area contributed by atoms with Crippen LogP contribution >= 0.6 is 0 Å². The SMILES string of the molecule is C[C@@H](CO)NS(=O)(=O)c1c[nH]c2cc(N)ccc12. The normalized spacial score (nSPS) is 13.9. The average Bonchev–Trinajstić information content (AvgIpc) is 2.71. The monoisotopic (exact) mass is 269 g/mol. The first-order valence-corrected chi connectivity index (χ1v) is 6.92. The molecule has 1 atom stereocenters. The highest BCUT2D eigenvalue weighted by molar-refractivity contribution is 7.89. The van der Waals surface area contributed by atoms with Crippen LogP contribution in [0.2, 0.25) is 0 Å². The molecule has 7 heteroatoms. The molecule has 0 aliphatic carbocycles. The Hall–Kier alpha value is -1.57. The second-order valence-corrected chi connectivity index (χ2v) is 5.85. The average molecular weight is 269 g/mol. The van der Waals surface area contributed by atoms with Gasteiger partial charge in [-0.25, -0.2) is 13.1 Å². The van der Waals surface area contributed by atoms with E-state index in [1.54, 1.807) is 25.1 Å². The Kier molecular flexibility index (Phi) is 3.29. The summed E-state index contributed by atoms with van der Waals surface area (Å²) in [6, 6.07) is 4.43. The molecule has 0 aliphatic heterocycles. The number of aliphatic hydroxyl groups excluding tert-OH is 1. The minimum Gasteiger partial charge on any atom is -0.399 e. The second kappa shape index (κ2) is 4.60. The predicted molar refractivity (Wildman–Crippen MR) is 69.6 cm³/mol. The van der Waals surface area contributed by atoms with Gasteiger partial charge in [-0.15, -0.1) is 0 Å². The van der Waals surface area contributed by atoms with Gasteiger partial charge in [0.15, 0.2) is 0 Å². The van der Waals surface area contributed by atoms with Gasteiger partial charge >= 0.3 is 0 Å². The first kappa shape index (κ1) is 12.9. The molecular weight excluding hydrogens is 254 g/mol. The second-order valence-electron chi connectivity index (χ2n) is 4.16. The molecule has 2 rings (SSSR count). The standard InChI is InChI=1S/C11H15N3O3S/c1-7(6-15)14-18(16,17)11-5-13-10-4-8(12)2-3-9(10)11/h2-5,7,13-15H,6,12H2,1H3/t7-/m0/s1. The highest BCUT2D eigenvalue weighted by Gasteiger charge is 2.20. The molecule has 0 unspecified atom stereocenters. The van der Waals surface area contributed by atoms with Gasteiger partial charge in [-0.3, -0.25) is 0 Å². The van der Waals surface area contributed by atoms with E-state index in [2.05, 4.69) is 9.71 Å². The number of nitrogen functional groups attached to an aromatic ring is 1. The molecule has 2 aromatic rings. The van der Waals surface area contributed by atoms with Gasteiger partial charge in [0.2, 0.25) is 10.0 Å². The van der Waals surface area contributed by atoms with Gasteiger partial charge in [0.1, 0.15) is 4.90 Å². The van der Waals surface area contributed by atoms with Gasteiger partial charge in [-0.2, -0.15) is 0 Å². The summed E-state index contributed by atoms with van der Waals surface area (Å²) >= 11 is 0. The number of anilines is 1. The quantitative estimate of drug-likeness (QED) is 0.603. The van der Waals surface area contributed by atoms with E-state index in [9.17, 15) is 8.42 Å². The van der Waals surface area contributed by atoms with Crippen LogP contribution < -0.4 is 10.5 Å². The maximum absolute atomic E-state index is 12.1. The fourth-order valence-corrected chi connectivity index (χ4v) is 3.12. The summed E-state index contributed by atoms with van der Waals surface area (Å²) in [7, 11) is -3.65. The van der Waals surface area contributed by atoms with Crippen molar-refractivity contribution in [3.8, 4) is 0 Å². The first-order valence-electron chi connectivity index (χ1n) is 5.44. The third-order valence-corrected chi connectivity index (χ3v) is 4.22. The number of aromatic nitrogens is 1. The molecule has 0 radical (unpaired) electrons. The fourth-order valence-electron chi connectivity index (χ4n) is 1.71. The largest absolute Gasteiger partial charge is 0.399 e. The van der Waals surface area contributed by atoms with Crippen molar-refractivity contribution in [2.75, 3.05) is 12.3 Å². The van der Waals surface area contributed by atoms with Gasteiger partial charge in [0.25, 0.3) is 0 Å². The Balaban J connectivity index is 2.48. The summed E-state index contributed by atoms with van der Waals surface area (Å²) in [4.78, 5) is 3.02. The van der Waals surface area contributed by atoms with Crippen LogP contribution in [-0.2, 0) is 10.0 Å². The van der Waals surface area contributed by atoms with Gasteiger partial charge in [-0.1, -0.05) is 0 Å². The van der Waals surface area contributed by atoms with E-state index in [4.69, 9.17) is 10.8 Å². The van der Waals surface area contributed by atoms with Crippen molar-refractivity contribution in [1.82, 2.24) is 9.71 Å². The molecule has 0 saturated carbocycles. The highest BCUT2D eigenvalue weighted by atomic mass is 32.2. The zero-order valence-corrected chi connectivity index (χ0v) is 10.7. The number of sulfonamides is 1. The number of aromatic amines is 1. The molecule has 5 N–H and O–H groups in total. The van der Waals surface area contributed by atoms with E-state index >= 15 is 0 Å². The Morgan fingerprint density at radius 2 is 2.22 bits per heavy atom. The number of nitrogens with two attached hydrogens (primary N) is 1. The lowest BCUT2D eigenvalue weighted by molar-refractivity contribution is 0.265. The molecule has 6 nitrogen and oxygen atoms in total. The molecule has 0 bridgehead atoms. The smallest absolute Gasteiger partial charge is 0.243 e. The predicted octanol–water partition coefficient (Wildman–Crippen LogP) is 0.409. The van der Waals surface area contributed by atoms with Crippen molar-refractivity contribution in [3.63, 3.8) is 0 Å².